The molecule has 1 fully saturated rings. The molecule has 50 heavy (non-hydrogen) atoms. The third-order valence-electron chi connectivity index (χ3n) is 11.3. The summed E-state index contributed by atoms with van der Waals surface area (Å²) in [5.74, 6) is 1.72. The van der Waals surface area contributed by atoms with Crippen LogP contribution in [0.25, 0.3) is 28.0 Å². The Morgan fingerprint density at radius 1 is 0.680 bits per heavy atom. The van der Waals surface area contributed by atoms with E-state index in [2.05, 4.69) is 153 Å². The van der Waals surface area contributed by atoms with E-state index in [4.69, 9.17) is 9.47 Å². The van der Waals surface area contributed by atoms with Crippen LogP contribution in [-0.2, 0) is 22.2 Å². The van der Waals surface area contributed by atoms with Gasteiger partial charge in [-0.05, 0) is 95.1 Å². The monoisotopic (exact) mass is 670 g/mol. The van der Waals surface area contributed by atoms with Gasteiger partial charge in [-0.1, -0.05) is 135 Å². The van der Waals surface area contributed by atoms with Crippen LogP contribution in [0.15, 0.2) is 143 Å². The smallest absolute Gasteiger partial charge is 0.178 e. The lowest BCUT2D eigenvalue weighted by molar-refractivity contribution is 0.0640. The van der Waals surface area contributed by atoms with Crippen molar-refractivity contribution in [3.8, 4) is 16.9 Å². The molecule has 0 amide bonds. The van der Waals surface area contributed by atoms with E-state index in [0.29, 0.717) is 0 Å². The first-order valence-electron chi connectivity index (χ1n) is 18.1. The molecule has 0 radical (unpaired) electrons. The predicted octanol–water partition coefficient (Wildman–Crippen LogP) is 12.0. The molecule has 1 aliphatic carbocycles. The highest BCUT2D eigenvalue weighted by Gasteiger charge is 2.44. The van der Waals surface area contributed by atoms with Gasteiger partial charge in [0.2, 0.25) is 0 Å². The van der Waals surface area contributed by atoms with Crippen LogP contribution in [0.1, 0.15) is 66.5 Å². The van der Waals surface area contributed by atoms with Gasteiger partial charge in [-0.2, -0.15) is 0 Å². The Balaban J connectivity index is 1.16. The molecule has 1 unspecified atom stereocenters. The molecule has 2 nitrogen and oxygen atoms in total. The molecule has 3 heteroatoms. The molecule has 1 saturated heterocycles. The van der Waals surface area contributed by atoms with Crippen LogP contribution in [-0.4, -0.2) is 13.2 Å². The summed E-state index contributed by atoms with van der Waals surface area (Å²) in [5, 5.41) is 2.41. The number of hydrogen-bond acceptors (Lipinski definition) is 3. The predicted molar refractivity (Wildman–Crippen MR) is 207 cm³/mol. The van der Waals surface area contributed by atoms with Crippen LogP contribution in [0.5, 0.6) is 5.75 Å². The average Bonchev–Trinajstić information content (AvgIpc) is 3.42. The van der Waals surface area contributed by atoms with Crippen LogP contribution in [0.3, 0.4) is 0 Å². The second-order valence-corrected chi connectivity index (χ2v) is 15.8. The first kappa shape index (κ1) is 31.4. The van der Waals surface area contributed by atoms with Crippen molar-refractivity contribution in [3.63, 3.8) is 0 Å². The van der Waals surface area contributed by atoms with Crippen molar-refractivity contribution < 1.29 is 9.47 Å². The summed E-state index contributed by atoms with van der Waals surface area (Å²) in [7, 11) is 0. The van der Waals surface area contributed by atoms with E-state index in [1.54, 1.807) is 11.8 Å². The Kier molecular flexibility index (Phi) is 7.94. The Morgan fingerprint density at radius 3 is 2.08 bits per heavy atom. The molecule has 1 atom stereocenters. The molecule has 0 bridgehead atoms. The summed E-state index contributed by atoms with van der Waals surface area (Å²) < 4.78 is 13.2. The SMILES string of the molecule is CC1(C)c2ccccc2-c2c1c1c(c3ccccc23)OC(c2ccc(CCC3CCOCC3)cc2)(c2ccc(Sc3ccccc3)cc2)C=C1. The van der Waals surface area contributed by atoms with Gasteiger partial charge in [0.05, 0.1) is 0 Å². The van der Waals surface area contributed by atoms with E-state index in [1.807, 2.05) is 0 Å². The quantitative estimate of drug-likeness (QED) is 0.168. The highest BCUT2D eigenvalue weighted by atomic mass is 32.2. The molecule has 248 valence electrons. The summed E-state index contributed by atoms with van der Waals surface area (Å²) in [6.07, 6.45) is 9.35. The molecule has 0 N–H and O–H groups in total. The first-order chi connectivity index (χ1) is 24.5. The minimum absolute atomic E-state index is 0.157. The summed E-state index contributed by atoms with van der Waals surface area (Å²) in [4.78, 5) is 2.44. The lowest BCUT2D eigenvalue weighted by Gasteiger charge is -2.38. The van der Waals surface area contributed by atoms with Gasteiger partial charge in [0.1, 0.15) is 5.75 Å². The van der Waals surface area contributed by atoms with Crippen LogP contribution in [0.2, 0.25) is 0 Å². The number of aryl methyl sites for hydroxylation is 1. The number of hydrogen-bond donors (Lipinski definition) is 0. The maximum atomic E-state index is 7.57. The minimum Gasteiger partial charge on any atom is -0.472 e. The maximum absolute atomic E-state index is 7.57. The number of rotatable bonds is 7. The summed E-state index contributed by atoms with van der Waals surface area (Å²) >= 11 is 1.79. The highest BCUT2D eigenvalue weighted by molar-refractivity contribution is 7.99. The van der Waals surface area contributed by atoms with Gasteiger partial charge in [-0.3, -0.25) is 0 Å². The average molecular weight is 671 g/mol. The zero-order valence-electron chi connectivity index (χ0n) is 28.8. The van der Waals surface area contributed by atoms with Crippen LogP contribution < -0.4 is 4.74 Å². The lowest BCUT2D eigenvalue weighted by atomic mass is 9.76. The summed E-state index contributed by atoms with van der Waals surface area (Å²) in [5.41, 5.74) is 9.32. The van der Waals surface area contributed by atoms with Gasteiger partial charge < -0.3 is 9.47 Å². The number of benzene rings is 6. The third kappa shape index (κ3) is 5.30. The fourth-order valence-corrected chi connectivity index (χ4v) is 9.44. The first-order valence-corrected chi connectivity index (χ1v) is 18.9. The van der Waals surface area contributed by atoms with Gasteiger partial charge in [0, 0.05) is 50.5 Å². The lowest BCUT2D eigenvalue weighted by Crippen LogP contribution is -2.35. The normalized spacial score (nSPS) is 19.1. The zero-order chi connectivity index (χ0) is 33.7. The number of ether oxygens (including phenoxy) is 2. The van der Waals surface area contributed by atoms with Gasteiger partial charge in [-0.25, -0.2) is 0 Å². The molecule has 3 aliphatic rings. The molecular weight excluding hydrogens is 629 g/mol. The topological polar surface area (TPSA) is 18.5 Å². The highest BCUT2D eigenvalue weighted by Crippen LogP contribution is 2.58. The molecule has 0 spiro atoms. The van der Waals surface area contributed by atoms with E-state index < -0.39 is 5.60 Å². The van der Waals surface area contributed by atoms with Crippen molar-refractivity contribution in [1.29, 1.82) is 0 Å². The molecule has 0 aromatic heterocycles. The molecule has 9 rings (SSSR count). The summed E-state index contributed by atoms with van der Waals surface area (Å²) in [6, 6.07) is 46.6. The Morgan fingerprint density at radius 2 is 1.32 bits per heavy atom. The fraction of sp³-hybridized carbons (Fsp3) is 0.234. The fourth-order valence-electron chi connectivity index (χ4n) is 8.60. The van der Waals surface area contributed by atoms with Crippen LogP contribution >= 0.6 is 11.8 Å². The molecule has 2 aliphatic heterocycles. The van der Waals surface area contributed by atoms with E-state index in [0.717, 1.165) is 47.8 Å². The third-order valence-corrected chi connectivity index (χ3v) is 12.3. The van der Waals surface area contributed by atoms with Crippen molar-refractivity contribution in [2.75, 3.05) is 13.2 Å². The van der Waals surface area contributed by atoms with E-state index in [1.165, 1.54) is 67.8 Å². The molecule has 2 heterocycles. The van der Waals surface area contributed by atoms with Gasteiger partial charge >= 0.3 is 0 Å². The van der Waals surface area contributed by atoms with Crippen molar-refractivity contribution in [1.82, 2.24) is 0 Å². The number of fused-ring (bicyclic) bond motifs is 8. The second-order valence-electron chi connectivity index (χ2n) is 14.6. The largest absolute Gasteiger partial charge is 0.472 e. The Labute approximate surface area is 300 Å². The standard InChI is InChI=1S/C47H42O2S/c1-46(2)42-15-9-8-14-40(42)43-38-12-6-7-13-39(38)45-41(44(43)46)26-29-47(49-45,35-22-24-37(25-23-35)50-36-10-4-3-5-11-36)34-20-18-32(19-21-34)16-17-33-27-30-48-31-28-33/h3-15,18-26,29,33H,16-17,27-28,30-31H2,1-2H3. The van der Waals surface area contributed by atoms with E-state index >= 15 is 0 Å². The maximum Gasteiger partial charge on any atom is 0.178 e. The Hall–Kier alpha value is -4.57. The van der Waals surface area contributed by atoms with Crippen molar-refractivity contribution >= 4 is 28.6 Å². The second kappa shape index (κ2) is 12.6. The molecule has 0 saturated carbocycles. The van der Waals surface area contributed by atoms with E-state index in [-0.39, 0.29) is 5.41 Å². The zero-order valence-corrected chi connectivity index (χ0v) is 29.6. The molecule has 6 aromatic rings. The summed E-state index contributed by atoms with van der Waals surface area (Å²) in [6.45, 7) is 6.54. The van der Waals surface area contributed by atoms with Crippen LogP contribution in [0, 0.1) is 5.92 Å². The van der Waals surface area contributed by atoms with Gasteiger partial charge in [0.15, 0.2) is 5.60 Å². The van der Waals surface area contributed by atoms with E-state index in [9.17, 15) is 0 Å². The van der Waals surface area contributed by atoms with Crippen LogP contribution in [0.4, 0.5) is 0 Å². The van der Waals surface area contributed by atoms with Gasteiger partial charge in [0.25, 0.3) is 0 Å². The Bertz CT molecular complexity index is 2210. The molecule has 6 aromatic carbocycles. The van der Waals surface area contributed by atoms with Gasteiger partial charge in [-0.15, -0.1) is 0 Å². The van der Waals surface area contributed by atoms with Crippen molar-refractivity contribution in [2.24, 2.45) is 5.92 Å². The van der Waals surface area contributed by atoms with Crippen molar-refractivity contribution in [2.45, 2.75) is 60.3 Å². The van der Waals surface area contributed by atoms with Crippen molar-refractivity contribution in [3.05, 3.63) is 167 Å². The minimum atomic E-state index is -0.783. The molecular formula is C47H42O2S.